The molecule has 2 heterocycles. The molecule has 0 bridgehead atoms. The van der Waals surface area contributed by atoms with E-state index in [0.29, 0.717) is 23.0 Å². The van der Waals surface area contributed by atoms with Crippen LogP contribution in [0.2, 0.25) is 0 Å². The molecule has 0 saturated heterocycles. The van der Waals surface area contributed by atoms with Gasteiger partial charge in [-0.25, -0.2) is 9.78 Å². The van der Waals surface area contributed by atoms with Crippen LogP contribution in [-0.2, 0) is 4.74 Å². The molecule has 0 N–H and O–H groups in total. The fourth-order valence-electron chi connectivity index (χ4n) is 1.94. The summed E-state index contributed by atoms with van der Waals surface area (Å²) in [6.45, 7) is 6.93. The SMILES string of the molecule is Cc1nc([N+](=O)[O-])ccc1Oc1ccnc(N(C)C(=O)OC(C)(C)C)c1. The Kier molecular flexibility index (Phi) is 5.39. The summed E-state index contributed by atoms with van der Waals surface area (Å²) in [6, 6.07) is 5.90. The summed E-state index contributed by atoms with van der Waals surface area (Å²) in [5, 5.41) is 10.7. The van der Waals surface area contributed by atoms with Crippen molar-refractivity contribution in [1.29, 1.82) is 0 Å². The molecule has 0 aromatic carbocycles. The van der Waals surface area contributed by atoms with Crippen LogP contribution in [-0.4, -0.2) is 33.6 Å². The normalized spacial score (nSPS) is 11.0. The van der Waals surface area contributed by atoms with Gasteiger partial charge in [-0.1, -0.05) is 0 Å². The first-order chi connectivity index (χ1) is 12.1. The second kappa shape index (κ2) is 7.34. The molecule has 9 nitrogen and oxygen atoms in total. The molecule has 0 unspecified atom stereocenters. The second-order valence-corrected chi connectivity index (χ2v) is 6.50. The van der Waals surface area contributed by atoms with E-state index in [9.17, 15) is 14.9 Å². The van der Waals surface area contributed by atoms with E-state index in [1.54, 1.807) is 46.9 Å². The quantitative estimate of drug-likeness (QED) is 0.602. The Labute approximate surface area is 150 Å². The average molecular weight is 360 g/mol. The molecule has 26 heavy (non-hydrogen) atoms. The van der Waals surface area contributed by atoms with Crippen molar-refractivity contribution in [3.8, 4) is 11.5 Å². The molecular weight excluding hydrogens is 340 g/mol. The molecule has 1 amide bonds. The third-order valence-electron chi connectivity index (χ3n) is 3.17. The largest absolute Gasteiger partial charge is 0.453 e. The van der Waals surface area contributed by atoms with Crippen LogP contribution >= 0.6 is 0 Å². The first-order valence-electron chi connectivity index (χ1n) is 7.79. The molecular formula is C17H20N4O5. The highest BCUT2D eigenvalue weighted by atomic mass is 16.6. The van der Waals surface area contributed by atoms with E-state index in [-0.39, 0.29) is 5.82 Å². The first kappa shape index (κ1) is 19.1. The molecule has 2 rings (SSSR count). The van der Waals surface area contributed by atoms with Gasteiger partial charge in [-0.2, -0.15) is 0 Å². The van der Waals surface area contributed by atoms with Crippen LogP contribution in [0.25, 0.3) is 0 Å². The lowest BCUT2D eigenvalue weighted by molar-refractivity contribution is -0.389. The Morgan fingerprint density at radius 2 is 1.96 bits per heavy atom. The van der Waals surface area contributed by atoms with Gasteiger partial charge in [0.1, 0.15) is 17.2 Å². The minimum absolute atomic E-state index is 0.255. The molecule has 0 aliphatic rings. The number of aromatic nitrogens is 2. The number of nitro groups is 1. The van der Waals surface area contributed by atoms with Crippen LogP contribution in [0.3, 0.4) is 0 Å². The van der Waals surface area contributed by atoms with E-state index in [1.165, 1.54) is 23.2 Å². The van der Waals surface area contributed by atoms with Crippen molar-refractivity contribution in [3.05, 3.63) is 46.3 Å². The zero-order chi connectivity index (χ0) is 19.5. The van der Waals surface area contributed by atoms with Crippen LogP contribution in [0.1, 0.15) is 26.5 Å². The highest BCUT2D eigenvalue weighted by Gasteiger charge is 2.22. The van der Waals surface area contributed by atoms with Gasteiger partial charge in [0.05, 0.1) is 0 Å². The Balaban J connectivity index is 2.19. The Hall–Kier alpha value is -3.23. The van der Waals surface area contributed by atoms with Gasteiger partial charge in [0.2, 0.25) is 0 Å². The van der Waals surface area contributed by atoms with Gasteiger partial charge in [-0.15, -0.1) is 0 Å². The lowest BCUT2D eigenvalue weighted by Gasteiger charge is -2.24. The summed E-state index contributed by atoms with van der Waals surface area (Å²) < 4.78 is 11.0. The average Bonchev–Trinajstić information content (AvgIpc) is 2.54. The number of anilines is 1. The molecule has 0 aliphatic heterocycles. The number of rotatable bonds is 4. The van der Waals surface area contributed by atoms with Gasteiger partial charge >= 0.3 is 11.9 Å². The number of hydrogen-bond donors (Lipinski definition) is 0. The first-order valence-corrected chi connectivity index (χ1v) is 7.79. The van der Waals surface area contributed by atoms with Crippen LogP contribution in [0.5, 0.6) is 11.5 Å². The van der Waals surface area contributed by atoms with E-state index >= 15 is 0 Å². The van der Waals surface area contributed by atoms with Gasteiger partial charge in [0.25, 0.3) is 0 Å². The van der Waals surface area contributed by atoms with Gasteiger partial charge in [0, 0.05) is 32.3 Å². The number of nitrogens with zero attached hydrogens (tertiary/aromatic N) is 4. The standard InChI is InChI=1S/C17H20N4O5/c1-11-13(6-7-14(19-11)21(23)24)25-12-8-9-18-15(10-12)20(5)16(22)26-17(2,3)4/h6-10H,1-5H3. The van der Waals surface area contributed by atoms with Crippen LogP contribution in [0.4, 0.5) is 16.4 Å². The predicted octanol–water partition coefficient (Wildman–Crippen LogP) is 3.86. The van der Waals surface area contributed by atoms with Gasteiger partial charge in [-0.3, -0.25) is 4.90 Å². The molecule has 0 radical (unpaired) electrons. The molecule has 9 heteroatoms. The molecule has 0 atom stereocenters. The number of carbonyl (C=O) groups is 1. The summed E-state index contributed by atoms with van der Waals surface area (Å²) in [6.07, 6.45) is 0.940. The molecule has 0 fully saturated rings. The lowest BCUT2D eigenvalue weighted by Crippen LogP contribution is -2.34. The second-order valence-electron chi connectivity index (χ2n) is 6.50. The minimum atomic E-state index is -0.624. The molecule has 2 aromatic rings. The predicted molar refractivity (Wildman–Crippen MR) is 94.6 cm³/mol. The summed E-state index contributed by atoms with van der Waals surface area (Å²) in [5.41, 5.74) is -0.251. The molecule has 0 spiro atoms. The van der Waals surface area contributed by atoms with Crippen LogP contribution in [0, 0.1) is 17.0 Å². The fraction of sp³-hybridized carbons (Fsp3) is 0.353. The van der Waals surface area contributed by atoms with Crippen molar-refractivity contribution >= 4 is 17.7 Å². The highest BCUT2D eigenvalue weighted by molar-refractivity contribution is 5.86. The Morgan fingerprint density at radius 3 is 2.54 bits per heavy atom. The van der Waals surface area contributed by atoms with E-state index in [2.05, 4.69) is 9.97 Å². The topological polar surface area (TPSA) is 108 Å². The van der Waals surface area contributed by atoms with Gasteiger partial charge < -0.3 is 19.6 Å². The van der Waals surface area contributed by atoms with Crippen LogP contribution < -0.4 is 9.64 Å². The van der Waals surface area contributed by atoms with Crippen molar-refractivity contribution in [3.63, 3.8) is 0 Å². The van der Waals surface area contributed by atoms with Gasteiger partial charge in [0.15, 0.2) is 11.4 Å². The third-order valence-corrected chi connectivity index (χ3v) is 3.17. The zero-order valence-corrected chi connectivity index (χ0v) is 15.2. The molecule has 0 saturated carbocycles. The van der Waals surface area contributed by atoms with E-state index in [1.807, 2.05) is 0 Å². The zero-order valence-electron chi connectivity index (χ0n) is 15.2. The van der Waals surface area contributed by atoms with Crippen molar-refractivity contribution in [2.75, 3.05) is 11.9 Å². The number of carbonyl (C=O) groups excluding carboxylic acids is 1. The monoisotopic (exact) mass is 360 g/mol. The molecule has 2 aromatic heterocycles. The number of ether oxygens (including phenoxy) is 2. The fourth-order valence-corrected chi connectivity index (χ4v) is 1.94. The molecule has 138 valence electrons. The lowest BCUT2D eigenvalue weighted by atomic mass is 10.2. The van der Waals surface area contributed by atoms with E-state index in [0.717, 1.165) is 0 Å². The summed E-state index contributed by atoms with van der Waals surface area (Å²) in [4.78, 5) is 31.6. The van der Waals surface area contributed by atoms with Gasteiger partial charge in [-0.05, 0) is 42.8 Å². The summed E-state index contributed by atoms with van der Waals surface area (Å²) >= 11 is 0. The van der Waals surface area contributed by atoms with Crippen LogP contribution in [0.15, 0.2) is 30.5 Å². The summed E-state index contributed by atoms with van der Waals surface area (Å²) in [7, 11) is 1.54. The van der Waals surface area contributed by atoms with E-state index < -0.39 is 16.6 Å². The highest BCUT2D eigenvalue weighted by Crippen LogP contribution is 2.27. The third kappa shape index (κ3) is 4.88. The number of hydrogen-bond acceptors (Lipinski definition) is 7. The van der Waals surface area contributed by atoms with E-state index in [4.69, 9.17) is 9.47 Å². The van der Waals surface area contributed by atoms with Crippen molar-refractivity contribution < 1.29 is 19.2 Å². The minimum Gasteiger partial charge on any atom is -0.453 e. The maximum absolute atomic E-state index is 12.1. The number of aryl methyl sites for hydroxylation is 1. The molecule has 0 aliphatic carbocycles. The Morgan fingerprint density at radius 1 is 1.27 bits per heavy atom. The smallest absolute Gasteiger partial charge is 0.415 e. The van der Waals surface area contributed by atoms with Crippen molar-refractivity contribution in [2.24, 2.45) is 0 Å². The number of amides is 1. The van der Waals surface area contributed by atoms with Crippen molar-refractivity contribution in [1.82, 2.24) is 9.97 Å². The maximum Gasteiger partial charge on any atom is 0.415 e. The Bertz CT molecular complexity index is 832. The van der Waals surface area contributed by atoms with Crippen molar-refractivity contribution in [2.45, 2.75) is 33.3 Å². The summed E-state index contributed by atoms with van der Waals surface area (Å²) in [5.74, 6) is 0.857. The number of pyridine rings is 2. The maximum atomic E-state index is 12.1.